The number of aromatic nitrogens is 1. The van der Waals surface area contributed by atoms with Gasteiger partial charge >= 0.3 is 7.12 Å². The Morgan fingerprint density at radius 1 is 1.28 bits per heavy atom. The summed E-state index contributed by atoms with van der Waals surface area (Å²) < 4.78 is 13.8. The fourth-order valence-corrected chi connectivity index (χ4v) is 1.99. The predicted molar refractivity (Wildman–Crippen MR) is 70.5 cm³/mol. The summed E-state index contributed by atoms with van der Waals surface area (Å²) in [5.41, 5.74) is 0.853. The minimum absolute atomic E-state index is 0.348. The van der Waals surface area contributed by atoms with Crippen LogP contribution in [0.2, 0.25) is 0 Å². The molecular formula is C13H19BN2O2. The summed E-state index contributed by atoms with van der Waals surface area (Å²) in [5.74, 6) is 0. The largest absolute Gasteiger partial charge is 0.496 e. The zero-order valence-electron chi connectivity index (χ0n) is 11.7. The molecule has 1 aromatic heterocycles. The SMILES string of the molecule is CCn1cc(B2OC(C)(C)C(C)(C)O2)cc1C#N. The van der Waals surface area contributed by atoms with E-state index in [9.17, 15) is 0 Å². The van der Waals surface area contributed by atoms with E-state index in [1.165, 1.54) is 0 Å². The van der Waals surface area contributed by atoms with Crippen LogP contribution in [0.1, 0.15) is 40.3 Å². The Kier molecular flexibility index (Phi) is 3.04. The topological polar surface area (TPSA) is 47.2 Å². The van der Waals surface area contributed by atoms with Gasteiger partial charge in [-0.25, -0.2) is 0 Å². The molecule has 2 rings (SSSR count). The highest BCUT2D eigenvalue weighted by Gasteiger charge is 2.52. The summed E-state index contributed by atoms with van der Waals surface area (Å²) in [4.78, 5) is 0. The van der Waals surface area contributed by atoms with Gasteiger partial charge in [0.1, 0.15) is 11.8 Å². The summed E-state index contributed by atoms with van der Waals surface area (Å²) >= 11 is 0. The van der Waals surface area contributed by atoms with Crippen molar-refractivity contribution in [2.45, 2.75) is 52.4 Å². The average molecular weight is 246 g/mol. The van der Waals surface area contributed by atoms with Crippen LogP contribution < -0.4 is 5.46 Å². The Morgan fingerprint density at radius 2 is 1.83 bits per heavy atom. The molecular weight excluding hydrogens is 227 g/mol. The van der Waals surface area contributed by atoms with Crippen LogP contribution >= 0.6 is 0 Å². The Bertz CT molecular complexity index is 484. The molecule has 0 amide bonds. The maximum absolute atomic E-state index is 9.06. The molecule has 1 aliphatic rings. The summed E-state index contributed by atoms with van der Waals surface area (Å²) in [5, 5.41) is 9.06. The molecule has 1 aromatic rings. The van der Waals surface area contributed by atoms with E-state index in [1.54, 1.807) is 0 Å². The first-order valence-corrected chi connectivity index (χ1v) is 6.26. The Morgan fingerprint density at radius 3 is 2.22 bits per heavy atom. The second kappa shape index (κ2) is 4.15. The zero-order chi connectivity index (χ0) is 13.6. The molecule has 1 fully saturated rings. The van der Waals surface area contributed by atoms with Crippen LogP contribution in [0.15, 0.2) is 12.3 Å². The minimum atomic E-state index is -0.394. The molecule has 0 aliphatic carbocycles. The number of hydrogen-bond acceptors (Lipinski definition) is 3. The third-order valence-corrected chi connectivity index (χ3v) is 3.90. The molecule has 4 nitrogen and oxygen atoms in total. The number of aryl methyl sites for hydroxylation is 1. The number of rotatable bonds is 2. The summed E-state index contributed by atoms with van der Waals surface area (Å²) in [6.45, 7) is 10.9. The number of hydrogen-bond donors (Lipinski definition) is 0. The Balaban J connectivity index is 2.30. The van der Waals surface area contributed by atoms with Gasteiger partial charge in [-0.2, -0.15) is 5.26 Å². The molecule has 0 aromatic carbocycles. The van der Waals surface area contributed by atoms with Crippen LogP contribution in [0, 0.1) is 11.3 Å². The fourth-order valence-electron chi connectivity index (χ4n) is 1.99. The molecule has 96 valence electrons. The lowest BCUT2D eigenvalue weighted by Gasteiger charge is -2.32. The Hall–Kier alpha value is -1.25. The summed E-state index contributed by atoms with van der Waals surface area (Å²) in [7, 11) is -0.394. The van der Waals surface area contributed by atoms with Crippen molar-refractivity contribution in [3.05, 3.63) is 18.0 Å². The van der Waals surface area contributed by atoms with Crippen molar-refractivity contribution < 1.29 is 9.31 Å². The number of nitrogens with zero attached hydrogens (tertiary/aromatic N) is 2. The lowest BCUT2D eigenvalue weighted by molar-refractivity contribution is 0.00578. The highest BCUT2D eigenvalue weighted by Crippen LogP contribution is 2.36. The quantitative estimate of drug-likeness (QED) is 0.746. The molecule has 1 aliphatic heterocycles. The first kappa shape index (κ1) is 13.2. The molecule has 1 saturated heterocycles. The monoisotopic (exact) mass is 246 g/mol. The molecule has 18 heavy (non-hydrogen) atoms. The maximum atomic E-state index is 9.06. The lowest BCUT2D eigenvalue weighted by Crippen LogP contribution is -2.41. The normalized spacial score (nSPS) is 21.0. The van der Waals surface area contributed by atoms with E-state index in [-0.39, 0.29) is 11.2 Å². The van der Waals surface area contributed by atoms with Crippen LogP contribution in [0.25, 0.3) is 0 Å². The lowest BCUT2D eigenvalue weighted by atomic mass is 9.81. The molecule has 0 bridgehead atoms. The Labute approximate surface area is 109 Å². The van der Waals surface area contributed by atoms with Crippen LogP contribution in [0.5, 0.6) is 0 Å². The molecule has 2 heterocycles. The summed E-state index contributed by atoms with van der Waals surface area (Å²) in [6, 6.07) is 4.02. The van der Waals surface area contributed by atoms with Gasteiger partial charge in [0.15, 0.2) is 0 Å². The number of nitriles is 1. The van der Waals surface area contributed by atoms with Gasteiger partial charge in [-0.3, -0.25) is 0 Å². The molecule has 5 heteroatoms. The average Bonchev–Trinajstić information content (AvgIpc) is 2.78. The van der Waals surface area contributed by atoms with Crippen LogP contribution in [-0.4, -0.2) is 22.9 Å². The third-order valence-electron chi connectivity index (χ3n) is 3.90. The molecule has 0 spiro atoms. The highest BCUT2D eigenvalue weighted by molar-refractivity contribution is 6.62. The highest BCUT2D eigenvalue weighted by atomic mass is 16.7. The van der Waals surface area contributed by atoms with Gasteiger partial charge < -0.3 is 13.9 Å². The van der Waals surface area contributed by atoms with E-state index in [0.29, 0.717) is 5.69 Å². The van der Waals surface area contributed by atoms with Crippen molar-refractivity contribution >= 4 is 12.6 Å². The second-order valence-electron chi connectivity index (χ2n) is 5.64. The molecule has 0 N–H and O–H groups in total. The van der Waals surface area contributed by atoms with Gasteiger partial charge in [0.25, 0.3) is 0 Å². The first-order valence-electron chi connectivity index (χ1n) is 6.26. The smallest absolute Gasteiger partial charge is 0.399 e. The van der Waals surface area contributed by atoms with Gasteiger partial charge in [-0.05, 0) is 40.7 Å². The van der Waals surface area contributed by atoms with Crippen molar-refractivity contribution in [3.63, 3.8) is 0 Å². The van der Waals surface area contributed by atoms with Gasteiger partial charge in [0, 0.05) is 18.2 Å². The van der Waals surface area contributed by atoms with Crippen molar-refractivity contribution in [3.8, 4) is 6.07 Å². The van der Waals surface area contributed by atoms with Gasteiger partial charge in [0.2, 0.25) is 0 Å². The zero-order valence-corrected chi connectivity index (χ0v) is 11.7. The molecule has 0 saturated carbocycles. The van der Waals surface area contributed by atoms with E-state index in [1.807, 2.05) is 51.4 Å². The van der Waals surface area contributed by atoms with Gasteiger partial charge in [-0.1, -0.05) is 0 Å². The predicted octanol–water partition coefficient (Wildman–Crippen LogP) is 1.68. The fraction of sp³-hybridized carbons (Fsp3) is 0.615. The van der Waals surface area contributed by atoms with Gasteiger partial charge in [-0.15, -0.1) is 0 Å². The summed E-state index contributed by atoms with van der Waals surface area (Å²) in [6.07, 6.45) is 1.93. The van der Waals surface area contributed by atoms with E-state index < -0.39 is 7.12 Å². The van der Waals surface area contributed by atoms with E-state index in [0.717, 1.165) is 12.0 Å². The van der Waals surface area contributed by atoms with Crippen molar-refractivity contribution in [1.29, 1.82) is 5.26 Å². The van der Waals surface area contributed by atoms with Crippen molar-refractivity contribution in [1.82, 2.24) is 4.57 Å². The van der Waals surface area contributed by atoms with E-state index in [4.69, 9.17) is 14.6 Å². The van der Waals surface area contributed by atoms with E-state index >= 15 is 0 Å². The van der Waals surface area contributed by atoms with Crippen LogP contribution in [0.4, 0.5) is 0 Å². The van der Waals surface area contributed by atoms with Crippen molar-refractivity contribution in [2.75, 3.05) is 0 Å². The standard InChI is InChI=1S/C13H19BN2O2/c1-6-16-9-10(7-11(16)8-15)14-17-12(2,3)13(4,5)18-14/h7,9H,6H2,1-5H3. The second-order valence-corrected chi connectivity index (χ2v) is 5.64. The van der Waals surface area contributed by atoms with Crippen molar-refractivity contribution in [2.24, 2.45) is 0 Å². The third kappa shape index (κ3) is 1.96. The molecule has 0 radical (unpaired) electrons. The minimum Gasteiger partial charge on any atom is -0.399 e. The first-order chi connectivity index (χ1) is 8.30. The maximum Gasteiger partial charge on any atom is 0.496 e. The van der Waals surface area contributed by atoms with E-state index in [2.05, 4.69) is 6.07 Å². The van der Waals surface area contributed by atoms with Crippen LogP contribution in [-0.2, 0) is 15.9 Å². The molecule has 0 atom stereocenters. The molecule has 0 unspecified atom stereocenters. The van der Waals surface area contributed by atoms with Gasteiger partial charge in [0.05, 0.1) is 11.2 Å². The van der Waals surface area contributed by atoms with Crippen LogP contribution in [0.3, 0.4) is 0 Å².